The molecule has 0 bridgehead atoms. The number of aromatic nitrogens is 1. The number of carbonyl (C=O) groups excluding carboxylic acids is 1. The molecule has 4 N–H and O–H groups in total. The highest BCUT2D eigenvalue weighted by molar-refractivity contribution is 6.05. The minimum absolute atomic E-state index is 0.0809. The van der Waals surface area contributed by atoms with Crippen molar-refractivity contribution in [3.8, 4) is 5.75 Å². The average Bonchev–Trinajstić information content (AvgIpc) is 2.74. The molecule has 1 heterocycles. The minimum Gasteiger partial charge on any atom is -0.489 e. The Morgan fingerprint density at radius 3 is 2.66 bits per heavy atom. The van der Waals surface area contributed by atoms with E-state index < -0.39 is 11.7 Å². The number of nitrogens with zero attached hydrogens (tertiary/aromatic N) is 1. The van der Waals surface area contributed by atoms with E-state index in [4.69, 9.17) is 20.6 Å². The number of carbonyl (C=O) groups is 1. The van der Waals surface area contributed by atoms with Crippen molar-refractivity contribution >= 4 is 23.3 Å². The number of rotatable bonds is 6. The van der Waals surface area contributed by atoms with E-state index in [1.807, 2.05) is 30.3 Å². The van der Waals surface area contributed by atoms with Gasteiger partial charge in [0.05, 0.1) is 30.1 Å². The van der Waals surface area contributed by atoms with Gasteiger partial charge < -0.3 is 20.5 Å². The van der Waals surface area contributed by atoms with Gasteiger partial charge in [-0.05, 0) is 29.8 Å². The second-order valence-electron chi connectivity index (χ2n) is 6.06. The summed E-state index contributed by atoms with van der Waals surface area (Å²) >= 11 is 0. The van der Waals surface area contributed by atoms with Crippen LogP contribution >= 0.6 is 0 Å². The Kier molecular flexibility index (Phi) is 6.03. The standard InChI is InChI=1S/C21H19FN4O3/c1-28-20(24)17-9-14(11-25-19(17)23)26-21(27)16-10-15(7-8-18(16)22)29-12-13-5-3-2-4-6-13/h2-11,24H,12H2,1H3,(H2,23,25)(H,26,27). The van der Waals surface area contributed by atoms with E-state index in [1.165, 1.54) is 37.6 Å². The summed E-state index contributed by atoms with van der Waals surface area (Å²) in [4.78, 5) is 16.5. The van der Waals surface area contributed by atoms with Crippen LogP contribution < -0.4 is 15.8 Å². The van der Waals surface area contributed by atoms with Crippen LogP contribution in [-0.2, 0) is 11.3 Å². The Morgan fingerprint density at radius 1 is 1.17 bits per heavy atom. The lowest BCUT2D eigenvalue weighted by atomic mass is 10.1. The molecular weight excluding hydrogens is 375 g/mol. The van der Waals surface area contributed by atoms with Gasteiger partial charge in [0, 0.05) is 0 Å². The van der Waals surface area contributed by atoms with Crippen molar-refractivity contribution in [1.29, 1.82) is 5.41 Å². The first-order valence-electron chi connectivity index (χ1n) is 8.64. The fourth-order valence-electron chi connectivity index (χ4n) is 2.54. The number of hydrogen-bond acceptors (Lipinski definition) is 6. The molecule has 0 atom stereocenters. The molecule has 0 saturated carbocycles. The molecular formula is C21H19FN4O3. The number of anilines is 2. The van der Waals surface area contributed by atoms with Crippen LogP contribution in [0.3, 0.4) is 0 Å². The van der Waals surface area contributed by atoms with Gasteiger partial charge in [0.15, 0.2) is 0 Å². The van der Waals surface area contributed by atoms with Crippen molar-refractivity contribution in [2.75, 3.05) is 18.2 Å². The summed E-state index contributed by atoms with van der Waals surface area (Å²) < 4.78 is 24.7. The number of ether oxygens (including phenoxy) is 2. The predicted molar refractivity (Wildman–Crippen MR) is 108 cm³/mol. The molecule has 0 spiro atoms. The molecule has 0 unspecified atom stereocenters. The lowest BCUT2D eigenvalue weighted by Gasteiger charge is -2.11. The number of nitrogens with one attached hydrogen (secondary N) is 2. The number of benzene rings is 2. The summed E-state index contributed by atoms with van der Waals surface area (Å²) in [5, 5.41) is 10.3. The van der Waals surface area contributed by atoms with E-state index in [9.17, 15) is 9.18 Å². The fraction of sp³-hybridized carbons (Fsp3) is 0.0952. The molecule has 1 amide bonds. The van der Waals surface area contributed by atoms with Crippen molar-refractivity contribution in [1.82, 2.24) is 4.98 Å². The fourth-order valence-corrected chi connectivity index (χ4v) is 2.54. The normalized spacial score (nSPS) is 10.3. The van der Waals surface area contributed by atoms with Gasteiger partial charge in [-0.15, -0.1) is 0 Å². The Balaban J connectivity index is 1.76. The first-order chi connectivity index (χ1) is 14.0. The van der Waals surface area contributed by atoms with Gasteiger partial charge in [-0.2, -0.15) is 0 Å². The Morgan fingerprint density at radius 2 is 1.93 bits per heavy atom. The molecule has 0 saturated heterocycles. The molecule has 3 rings (SSSR count). The molecule has 0 fully saturated rings. The van der Waals surface area contributed by atoms with Crippen molar-refractivity contribution < 1.29 is 18.7 Å². The van der Waals surface area contributed by atoms with Gasteiger partial charge in [-0.1, -0.05) is 30.3 Å². The molecule has 3 aromatic rings. The minimum atomic E-state index is -0.692. The molecule has 29 heavy (non-hydrogen) atoms. The lowest BCUT2D eigenvalue weighted by Crippen LogP contribution is -2.16. The van der Waals surface area contributed by atoms with Crippen LogP contribution in [0.4, 0.5) is 15.9 Å². The molecule has 0 aliphatic rings. The van der Waals surface area contributed by atoms with Gasteiger partial charge in [0.1, 0.15) is 24.0 Å². The van der Waals surface area contributed by atoms with Crippen molar-refractivity contribution in [2.45, 2.75) is 6.61 Å². The zero-order valence-electron chi connectivity index (χ0n) is 15.6. The van der Waals surface area contributed by atoms with Crippen LogP contribution in [0.1, 0.15) is 21.5 Å². The van der Waals surface area contributed by atoms with Gasteiger partial charge in [0.25, 0.3) is 5.91 Å². The van der Waals surface area contributed by atoms with Gasteiger partial charge in [0.2, 0.25) is 5.90 Å². The van der Waals surface area contributed by atoms with Crippen LogP contribution in [0.25, 0.3) is 0 Å². The lowest BCUT2D eigenvalue weighted by molar-refractivity contribution is 0.102. The topological polar surface area (TPSA) is 110 Å². The SMILES string of the molecule is COC(=N)c1cc(NC(=O)c2cc(OCc3ccccc3)ccc2F)cnc1N. The quantitative estimate of drug-likeness (QED) is 0.437. The molecule has 7 nitrogen and oxygen atoms in total. The maximum absolute atomic E-state index is 14.2. The predicted octanol–water partition coefficient (Wildman–Crippen LogP) is 3.61. The molecule has 2 aromatic carbocycles. The monoisotopic (exact) mass is 394 g/mol. The van der Waals surface area contributed by atoms with Gasteiger partial charge >= 0.3 is 0 Å². The molecule has 1 aromatic heterocycles. The molecule has 0 aliphatic heterocycles. The summed E-state index contributed by atoms with van der Waals surface area (Å²) in [5.41, 5.74) is 6.94. The Labute approximate surface area is 166 Å². The van der Waals surface area contributed by atoms with Gasteiger partial charge in [-0.25, -0.2) is 9.37 Å². The molecule has 8 heteroatoms. The van der Waals surface area contributed by atoms with E-state index in [1.54, 1.807) is 0 Å². The van der Waals surface area contributed by atoms with Crippen LogP contribution in [0, 0.1) is 11.2 Å². The maximum Gasteiger partial charge on any atom is 0.258 e. The molecule has 148 valence electrons. The highest BCUT2D eigenvalue weighted by Gasteiger charge is 2.16. The summed E-state index contributed by atoms with van der Waals surface area (Å²) in [5.74, 6) is -1.14. The zero-order chi connectivity index (χ0) is 20.8. The number of nitrogens with two attached hydrogens (primary N) is 1. The van der Waals surface area contributed by atoms with Crippen molar-refractivity contribution in [2.24, 2.45) is 0 Å². The smallest absolute Gasteiger partial charge is 0.258 e. The largest absolute Gasteiger partial charge is 0.489 e. The van der Waals surface area contributed by atoms with Crippen molar-refractivity contribution in [3.05, 3.63) is 83.3 Å². The second-order valence-corrected chi connectivity index (χ2v) is 6.06. The van der Waals surface area contributed by atoms with Crippen LogP contribution in [-0.4, -0.2) is 23.9 Å². The number of halogens is 1. The number of amides is 1. The van der Waals surface area contributed by atoms with E-state index in [2.05, 4.69) is 10.3 Å². The van der Waals surface area contributed by atoms with Crippen molar-refractivity contribution in [3.63, 3.8) is 0 Å². The first-order valence-corrected chi connectivity index (χ1v) is 8.64. The third-order valence-corrected chi connectivity index (χ3v) is 4.06. The number of hydrogen-bond donors (Lipinski definition) is 3. The maximum atomic E-state index is 14.2. The summed E-state index contributed by atoms with van der Waals surface area (Å²) in [6.45, 7) is 0.290. The zero-order valence-corrected chi connectivity index (χ0v) is 15.6. The number of nitrogen functional groups attached to an aromatic ring is 1. The summed E-state index contributed by atoms with van der Waals surface area (Å²) in [6.07, 6.45) is 1.31. The summed E-state index contributed by atoms with van der Waals surface area (Å²) in [7, 11) is 1.32. The van der Waals surface area contributed by atoms with Crippen LogP contribution in [0.15, 0.2) is 60.8 Å². The highest BCUT2D eigenvalue weighted by Crippen LogP contribution is 2.21. The molecule has 0 radical (unpaired) electrons. The average molecular weight is 394 g/mol. The third kappa shape index (κ3) is 4.86. The van der Waals surface area contributed by atoms with Crippen LogP contribution in [0.2, 0.25) is 0 Å². The first kappa shape index (κ1) is 19.8. The van der Waals surface area contributed by atoms with E-state index >= 15 is 0 Å². The van der Waals surface area contributed by atoms with E-state index in [0.717, 1.165) is 5.56 Å². The summed E-state index contributed by atoms with van der Waals surface area (Å²) in [6, 6.07) is 14.9. The van der Waals surface area contributed by atoms with E-state index in [-0.39, 0.29) is 35.1 Å². The molecule has 0 aliphatic carbocycles. The number of pyridine rings is 1. The van der Waals surface area contributed by atoms with E-state index in [0.29, 0.717) is 5.75 Å². The Hall–Kier alpha value is -3.94. The second kappa shape index (κ2) is 8.83. The number of methoxy groups -OCH3 is 1. The van der Waals surface area contributed by atoms with Gasteiger partial charge in [-0.3, -0.25) is 10.2 Å². The highest BCUT2D eigenvalue weighted by atomic mass is 19.1. The van der Waals surface area contributed by atoms with Crippen LogP contribution in [0.5, 0.6) is 5.75 Å². The Bertz CT molecular complexity index is 1040. The third-order valence-electron chi connectivity index (χ3n) is 4.06.